The summed E-state index contributed by atoms with van der Waals surface area (Å²) in [6.45, 7) is 7.16. The number of amides is 2. The zero-order valence-electron chi connectivity index (χ0n) is 16.0. The van der Waals surface area contributed by atoms with Gasteiger partial charge in [-0.3, -0.25) is 9.69 Å². The lowest BCUT2D eigenvalue weighted by Crippen LogP contribution is -2.57. The molecule has 0 spiro atoms. The molecule has 146 valence electrons. The first kappa shape index (κ1) is 18.4. The lowest BCUT2D eigenvalue weighted by molar-refractivity contribution is -0.140. The number of rotatable bonds is 2. The summed E-state index contributed by atoms with van der Waals surface area (Å²) in [6, 6.07) is 11.0. The summed E-state index contributed by atoms with van der Waals surface area (Å²) in [5, 5.41) is 0. The van der Waals surface area contributed by atoms with Gasteiger partial charge in [0.05, 0.1) is 6.10 Å². The summed E-state index contributed by atoms with van der Waals surface area (Å²) in [7, 11) is 0. The Balaban J connectivity index is 1.30. The average molecular weight is 371 g/mol. The molecule has 0 aromatic heterocycles. The summed E-state index contributed by atoms with van der Waals surface area (Å²) >= 11 is 0. The van der Waals surface area contributed by atoms with E-state index < -0.39 is 0 Å². The van der Waals surface area contributed by atoms with E-state index in [4.69, 9.17) is 4.74 Å². The quantitative estimate of drug-likeness (QED) is 0.800. The van der Waals surface area contributed by atoms with Crippen molar-refractivity contribution in [2.45, 2.75) is 31.9 Å². The fraction of sp³-hybridized carbons (Fsp3) is 0.619. The maximum Gasteiger partial charge on any atom is 0.320 e. The number of carbonyl (C=O) groups excluding carboxylic acids is 2. The highest BCUT2D eigenvalue weighted by Crippen LogP contribution is 2.28. The molecule has 3 heterocycles. The smallest absolute Gasteiger partial charge is 0.320 e. The fourth-order valence-electron chi connectivity index (χ4n) is 4.59. The van der Waals surface area contributed by atoms with Gasteiger partial charge in [0.15, 0.2) is 5.78 Å². The van der Waals surface area contributed by atoms with Gasteiger partial charge in [-0.25, -0.2) is 4.79 Å². The third-order valence-corrected chi connectivity index (χ3v) is 6.30. The molecule has 0 saturated carbocycles. The Labute approximate surface area is 161 Å². The SMILES string of the molecule is CC(c1ccccc1)N1CCN(C(=O)N2CC[C@@H]3OCC(=O)C[C@@H]3C2)CC1. The first-order valence-corrected chi connectivity index (χ1v) is 10.1. The van der Waals surface area contributed by atoms with Gasteiger partial charge in [-0.15, -0.1) is 0 Å². The maximum absolute atomic E-state index is 13.0. The predicted octanol–water partition coefficient (Wildman–Crippen LogP) is 2.17. The molecule has 3 aliphatic rings. The van der Waals surface area contributed by atoms with E-state index in [-0.39, 0.29) is 30.4 Å². The number of fused-ring (bicyclic) bond motifs is 1. The van der Waals surface area contributed by atoms with E-state index in [1.54, 1.807) is 0 Å². The van der Waals surface area contributed by atoms with Crippen molar-refractivity contribution in [3.8, 4) is 0 Å². The van der Waals surface area contributed by atoms with Crippen LogP contribution in [0.25, 0.3) is 0 Å². The molecule has 1 unspecified atom stereocenters. The largest absolute Gasteiger partial charge is 0.370 e. The Hall–Kier alpha value is -1.92. The molecular weight excluding hydrogens is 342 g/mol. The second-order valence-electron chi connectivity index (χ2n) is 7.98. The van der Waals surface area contributed by atoms with Crippen molar-refractivity contribution in [3.05, 3.63) is 35.9 Å². The van der Waals surface area contributed by atoms with Crippen LogP contribution in [0, 0.1) is 5.92 Å². The van der Waals surface area contributed by atoms with E-state index in [0.29, 0.717) is 19.0 Å². The molecule has 1 aromatic rings. The van der Waals surface area contributed by atoms with E-state index in [1.807, 2.05) is 15.9 Å². The maximum atomic E-state index is 13.0. The molecule has 4 rings (SSSR count). The minimum Gasteiger partial charge on any atom is -0.370 e. The highest BCUT2D eigenvalue weighted by Gasteiger charge is 2.38. The summed E-state index contributed by atoms with van der Waals surface area (Å²) in [6.07, 6.45) is 1.54. The molecule has 3 saturated heterocycles. The van der Waals surface area contributed by atoms with Gasteiger partial charge >= 0.3 is 6.03 Å². The van der Waals surface area contributed by atoms with Crippen LogP contribution in [0.2, 0.25) is 0 Å². The number of ketones is 1. The van der Waals surface area contributed by atoms with E-state index in [2.05, 4.69) is 36.1 Å². The van der Waals surface area contributed by atoms with E-state index in [1.165, 1.54) is 5.56 Å². The molecule has 0 bridgehead atoms. The minimum atomic E-state index is 0.124. The Kier molecular flexibility index (Phi) is 5.45. The van der Waals surface area contributed by atoms with Crippen LogP contribution in [0.5, 0.6) is 0 Å². The number of piperazine rings is 1. The van der Waals surface area contributed by atoms with Crippen molar-refractivity contribution in [1.82, 2.24) is 14.7 Å². The zero-order valence-corrected chi connectivity index (χ0v) is 16.0. The molecule has 3 aliphatic heterocycles. The molecular formula is C21H29N3O3. The van der Waals surface area contributed by atoms with Crippen LogP contribution in [-0.2, 0) is 9.53 Å². The summed E-state index contributed by atoms with van der Waals surface area (Å²) in [4.78, 5) is 31.0. The van der Waals surface area contributed by atoms with Gasteiger partial charge in [0, 0.05) is 57.6 Å². The molecule has 0 aliphatic carbocycles. The highest BCUT2D eigenvalue weighted by atomic mass is 16.5. The normalized spacial score (nSPS) is 28.0. The number of carbonyl (C=O) groups is 2. The van der Waals surface area contributed by atoms with Gasteiger partial charge in [-0.1, -0.05) is 30.3 Å². The molecule has 3 atom stereocenters. The summed E-state index contributed by atoms with van der Waals surface area (Å²) in [5.74, 6) is 0.331. The molecule has 3 fully saturated rings. The second kappa shape index (κ2) is 7.98. The molecule has 2 amide bonds. The highest BCUT2D eigenvalue weighted by molar-refractivity contribution is 5.81. The third-order valence-electron chi connectivity index (χ3n) is 6.30. The van der Waals surface area contributed by atoms with Crippen LogP contribution in [0.1, 0.15) is 31.4 Å². The molecule has 27 heavy (non-hydrogen) atoms. The summed E-state index contributed by atoms with van der Waals surface area (Å²) in [5.41, 5.74) is 1.32. The Morgan fingerprint density at radius 3 is 2.56 bits per heavy atom. The monoisotopic (exact) mass is 371 g/mol. The number of benzene rings is 1. The Morgan fingerprint density at radius 2 is 1.81 bits per heavy atom. The molecule has 1 aromatic carbocycles. The first-order chi connectivity index (χ1) is 13.1. The molecule has 0 N–H and O–H groups in total. The topological polar surface area (TPSA) is 53.1 Å². The van der Waals surface area contributed by atoms with Crippen molar-refractivity contribution >= 4 is 11.8 Å². The van der Waals surface area contributed by atoms with Crippen LogP contribution in [0.3, 0.4) is 0 Å². The molecule has 6 heteroatoms. The molecule has 6 nitrogen and oxygen atoms in total. The van der Waals surface area contributed by atoms with Crippen LogP contribution >= 0.6 is 0 Å². The zero-order chi connectivity index (χ0) is 18.8. The van der Waals surface area contributed by atoms with Gasteiger partial charge in [-0.2, -0.15) is 0 Å². The average Bonchev–Trinajstić information content (AvgIpc) is 2.73. The van der Waals surface area contributed by atoms with Crippen LogP contribution in [0.4, 0.5) is 4.79 Å². The number of likely N-dealkylation sites (tertiary alicyclic amines) is 1. The van der Waals surface area contributed by atoms with E-state index in [9.17, 15) is 9.59 Å². The van der Waals surface area contributed by atoms with Crippen molar-refractivity contribution in [2.75, 3.05) is 45.9 Å². The number of Topliss-reactive ketones (excluding diaryl/α,β-unsaturated/α-hetero) is 1. The van der Waals surface area contributed by atoms with Gasteiger partial charge in [-0.05, 0) is 18.9 Å². The Bertz CT molecular complexity index is 673. The van der Waals surface area contributed by atoms with Gasteiger partial charge in [0.2, 0.25) is 0 Å². The van der Waals surface area contributed by atoms with Crippen LogP contribution in [0.15, 0.2) is 30.3 Å². The lowest BCUT2D eigenvalue weighted by Gasteiger charge is -2.44. The van der Waals surface area contributed by atoms with E-state index in [0.717, 1.165) is 39.1 Å². The van der Waals surface area contributed by atoms with Gasteiger partial charge < -0.3 is 14.5 Å². The number of piperidine rings is 1. The van der Waals surface area contributed by atoms with Crippen LogP contribution in [-0.4, -0.2) is 78.5 Å². The fourth-order valence-corrected chi connectivity index (χ4v) is 4.59. The number of hydrogen-bond donors (Lipinski definition) is 0. The standard InChI is InChI=1S/C21H29N3O3/c1-16(17-5-3-2-4-6-17)22-9-11-23(12-10-22)21(26)24-8-7-20-18(14-24)13-19(25)15-27-20/h2-6,16,18,20H,7-15H2,1H3/t16?,18-,20+/m1/s1. The summed E-state index contributed by atoms with van der Waals surface area (Å²) < 4.78 is 5.64. The van der Waals surface area contributed by atoms with Gasteiger partial charge in [0.25, 0.3) is 0 Å². The van der Waals surface area contributed by atoms with Crippen molar-refractivity contribution < 1.29 is 14.3 Å². The van der Waals surface area contributed by atoms with Crippen LogP contribution < -0.4 is 0 Å². The number of urea groups is 1. The number of hydrogen-bond acceptors (Lipinski definition) is 4. The third kappa shape index (κ3) is 4.01. The first-order valence-electron chi connectivity index (χ1n) is 10.1. The van der Waals surface area contributed by atoms with Crippen molar-refractivity contribution in [2.24, 2.45) is 5.92 Å². The van der Waals surface area contributed by atoms with Crippen molar-refractivity contribution in [1.29, 1.82) is 0 Å². The minimum absolute atomic E-state index is 0.124. The number of ether oxygens (including phenoxy) is 1. The van der Waals surface area contributed by atoms with E-state index >= 15 is 0 Å². The predicted molar refractivity (Wildman–Crippen MR) is 102 cm³/mol. The van der Waals surface area contributed by atoms with Crippen molar-refractivity contribution in [3.63, 3.8) is 0 Å². The lowest BCUT2D eigenvalue weighted by atomic mass is 9.88. The van der Waals surface area contributed by atoms with Gasteiger partial charge in [0.1, 0.15) is 6.61 Å². The second-order valence-corrected chi connectivity index (χ2v) is 7.98. The number of nitrogens with zero attached hydrogens (tertiary/aromatic N) is 3. The Morgan fingerprint density at radius 1 is 1.07 bits per heavy atom. The molecule has 0 radical (unpaired) electrons.